The van der Waals surface area contributed by atoms with Crippen molar-refractivity contribution in [3.05, 3.63) is 48.0 Å². The van der Waals surface area contributed by atoms with Crippen molar-refractivity contribution in [2.45, 2.75) is 31.2 Å². The minimum absolute atomic E-state index is 0.433. The van der Waals surface area contributed by atoms with E-state index in [0.29, 0.717) is 12.0 Å². The molecule has 2 atom stereocenters. The molecule has 1 unspecified atom stereocenters. The zero-order chi connectivity index (χ0) is 15.8. The second-order valence-corrected chi connectivity index (χ2v) is 6.64. The molecule has 0 spiro atoms. The summed E-state index contributed by atoms with van der Waals surface area (Å²) in [5.74, 6) is 0.972. The van der Waals surface area contributed by atoms with Crippen molar-refractivity contribution in [1.82, 2.24) is 9.88 Å². The maximum Gasteiger partial charge on any atom is 0.213 e. The molecular formula is C19H21FN2O. The molecule has 1 fully saturated rings. The molecule has 120 valence electrons. The second-order valence-electron chi connectivity index (χ2n) is 6.64. The van der Waals surface area contributed by atoms with Crippen LogP contribution in [-0.2, 0) is 0 Å². The summed E-state index contributed by atoms with van der Waals surface area (Å²) in [6.07, 6.45) is 5.21. The smallest absolute Gasteiger partial charge is 0.213 e. The van der Waals surface area contributed by atoms with Crippen LogP contribution in [0.1, 0.15) is 30.7 Å². The average molecular weight is 312 g/mol. The fourth-order valence-electron chi connectivity index (χ4n) is 3.84. The SMILES string of the molecule is CN1CCC[C@@H]1CC1COc2ccc(-c3ccnc(F)c3)cc21. The summed E-state index contributed by atoms with van der Waals surface area (Å²) in [5.41, 5.74) is 3.16. The number of likely N-dealkylation sites (tertiary alicyclic amines) is 1. The Kier molecular flexibility index (Phi) is 3.77. The number of rotatable bonds is 3. The number of halogens is 1. The highest BCUT2D eigenvalue weighted by molar-refractivity contribution is 5.66. The van der Waals surface area contributed by atoms with E-state index < -0.39 is 5.95 Å². The van der Waals surface area contributed by atoms with Gasteiger partial charge in [0.05, 0.1) is 6.61 Å². The molecular weight excluding hydrogens is 291 g/mol. The van der Waals surface area contributed by atoms with Crippen molar-refractivity contribution in [2.75, 3.05) is 20.2 Å². The molecule has 0 saturated carbocycles. The Morgan fingerprint density at radius 2 is 2.13 bits per heavy atom. The molecule has 0 aliphatic carbocycles. The van der Waals surface area contributed by atoms with Gasteiger partial charge in [0, 0.05) is 29.8 Å². The van der Waals surface area contributed by atoms with Gasteiger partial charge in [0.25, 0.3) is 0 Å². The van der Waals surface area contributed by atoms with Crippen LogP contribution in [-0.4, -0.2) is 36.1 Å². The monoisotopic (exact) mass is 312 g/mol. The predicted molar refractivity (Wildman–Crippen MR) is 88.1 cm³/mol. The zero-order valence-corrected chi connectivity index (χ0v) is 13.3. The van der Waals surface area contributed by atoms with Gasteiger partial charge in [0.2, 0.25) is 5.95 Å². The van der Waals surface area contributed by atoms with Crippen molar-refractivity contribution in [1.29, 1.82) is 0 Å². The van der Waals surface area contributed by atoms with E-state index in [-0.39, 0.29) is 0 Å². The van der Waals surface area contributed by atoms with Gasteiger partial charge in [-0.1, -0.05) is 6.07 Å². The Morgan fingerprint density at radius 3 is 2.91 bits per heavy atom. The van der Waals surface area contributed by atoms with Crippen LogP contribution in [0.3, 0.4) is 0 Å². The first-order chi connectivity index (χ1) is 11.2. The van der Waals surface area contributed by atoms with Gasteiger partial charge in [0.15, 0.2) is 0 Å². The molecule has 1 aromatic carbocycles. The molecule has 4 rings (SSSR count). The highest BCUT2D eigenvalue weighted by atomic mass is 19.1. The fraction of sp³-hybridized carbons (Fsp3) is 0.421. The highest BCUT2D eigenvalue weighted by Gasteiger charge is 2.30. The van der Waals surface area contributed by atoms with E-state index >= 15 is 0 Å². The number of ether oxygens (including phenoxy) is 1. The first-order valence-corrected chi connectivity index (χ1v) is 8.29. The van der Waals surface area contributed by atoms with E-state index in [4.69, 9.17) is 4.74 Å². The molecule has 3 nitrogen and oxygen atoms in total. The number of hydrogen-bond donors (Lipinski definition) is 0. The standard InChI is InChI=1S/C19H21FN2O/c1-22-8-2-3-16(22)9-15-12-23-18-5-4-13(10-17(15)18)14-6-7-21-19(20)11-14/h4-7,10-11,15-16H,2-3,8-9,12H2,1H3/t15?,16-/m1/s1. The first kappa shape index (κ1) is 14.6. The van der Waals surface area contributed by atoms with Gasteiger partial charge in [-0.15, -0.1) is 0 Å². The Balaban J connectivity index is 1.61. The number of fused-ring (bicyclic) bond motifs is 1. The lowest BCUT2D eigenvalue weighted by molar-refractivity contribution is 0.257. The number of hydrogen-bond acceptors (Lipinski definition) is 3. The lowest BCUT2D eigenvalue weighted by atomic mass is 9.91. The summed E-state index contributed by atoms with van der Waals surface area (Å²) >= 11 is 0. The molecule has 1 aromatic heterocycles. The van der Waals surface area contributed by atoms with Gasteiger partial charge in [-0.05, 0) is 62.2 Å². The van der Waals surface area contributed by atoms with Gasteiger partial charge in [-0.3, -0.25) is 0 Å². The minimum Gasteiger partial charge on any atom is -0.493 e. The molecule has 4 heteroatoms. The van der Waals surface area contributed by atoms with E-state index in [1.165, 1.54) is 37.2 Å². The van der Waals surface area contributed by atoms with E-state index in [1.54, 1.807) is 0 Å². The van der Waals surface area contributed by atoms with Crippen LogP contribution in [0.15, 0.2) is 36.5 Å². The fourth-order valence-corrected chi connectivity index (χ4v) is 3.84. The van der Waals surface area contributed by atoms with Crippen LogP contribution in [0.2, 0.25) is 0 Å². The van der Waals surface area contributed by atoms with E-state index in [1.807, 2.05) is 18.2 Å². The summed E-state index contributed by atoms with van der Waals surface area (Å²) in [6.45, 7) is 1.95. The van der Waals surface area contributed by atoms with Crippen molar-refractivity contribution in [3.8, 4) is 16.9 Å². The molecule has 0 N–H and O–H groups in total. The minimum atomic E-state index is -0.441. The van der Waals surface area contributed by atoms with Crippen LogP contribution in [0, 0.1) is 5.95 Å². The molecule has 0 bridgehead atoms. The van der Waals surface area contributed by atoms with E-state index in [9.17, 15) is 4.39 Å². The van der Waals surface area contributed by atoms with Crippen LogP contribution in [0.4, 0.5) is 4.39 Å². The van der Waals surface area contributed by atoms with Gasteiger partial charge in [-0.2, -0.15) is 4.39 Å². The quantitative estimate of drug-likeness (QED) is 0.805. The number of benzene rings is 1. The number of aromatic nitrogens is 1. The number of pyridine rings is 1. The van der Waals surface area contributed by atoms with Gasteiger partial charge in [0.1, 0.15) is 5.75 Å². The summed E-state index contributed by atoms with van der Waals surface area (Å²) in [5, 5.41) is 0. The molecule has 0 amide bonds. The molecule has 3 heterocycles. The maximum atomic E-state index is 13.4. The third-order valence-corrected chi connectivity index (χ3v) is 5.18. The lowest BCUT2D eigenvalue weighted by Crippen LogP contribution is -2.27. The normalized spacial score (nSPS) is 23.7. The van der Waals surface area contributed by atoms with E-state index in [2.05, 4.69) is 23.0 Å². The largest absolute Gasteiger partial charge is 0.493 e. The van der Waals surface area contributed by atoms with Gasteiger partial charge >= 0.3 is 0 Å². The van der Waals surface area contributed by atoms with Crippen molar-refractivity contribution in [2.24, 2.45) is 0 Å². The Hall–Kier alpha value is -1.94. The summed E-state index contributed by atoms with van der Waals surface area (Å²) in [4.78, 5) is 6.09. The first-order valence-electron chi connectivity index (χ1n) is 8.29. The molecule has 1 saturated heterocycles. The molecule has 2 aromatic rings. The molecule has 0 radical (unpaired) electrons. The van der Waals surface area contributed by atoms with Crippen molar-refractivity contribution < 1.29 is 9.13 Å². The summed E-state index contributed by atoms with van der Waals surface area (Å²) < 4.78 is 19.2. The van der Waals surface area contributed by atoms with Crippen LogP contribution in [0.5, 0.6) is 5.75 Å². The average Bonchev–Trinajstić information content (AvgIpc) is 3.14. The summed E-state index contributed by atoms with van der Waals surface area (Å²) in [6, 6.07) is 10.2. The van der Waals surface area contributed by atoms with Crippen LogP contribution >= 0.6 is 0 Å². The third-order valence-electron chi connectivity index (χ3n) is 5.18. The Labute approximate surface area is 136 Å². The number of nitrogens with zero attached hydrogens (tertiary/aromatic N) is 2. The third kappa shape index (κ3) is 2.83. The topological polar surface area (TPSA) is 25.4 Å². The van der Waals surface area contributed by atoms with Gasteiger partial charge < -0.3 is 9.64 Å². The summed E-state index contributed by atoms with van der Waals surface area (Å²) in [7, 11) is 2.21. The zero-order valence-electron chi connectivity index (χ0n) is 13.3. The predicted octanol–water partition coefficient (Wildman–Crippen LogP) is 3.85. The van der Waals surface area contributed by atoms with Crippen molar-refractivity contribution >= 4 is 0 Å². The second kappa shape index (κ2) is 5.93. The van der Waals surface area contributed by atoms with Crippen LogP contribution in [0.25, 0.3) is 11.1 Å². The molecule has 2 aliphatic rings. The van der Waals surface area contributed by atoms with E-state index in [0.717, 1.165) is 29.9 Å². The Bertz CT molecular complexity index is 718. The van der Waals surface area contributed by atoms with Crippen LogP contribution < -0.4 is 4.74 Å². The van der Waals surface area contributed by atoms with Gasteiger partial charge in [-0.25, -0.2) is 4.98 Å². The molecule has 2 aliphatic heterocycles. The molecule has 23 heavy (non-hydrogen) atoms. The lowest BCUT2D eigenvalue weighted by Gasteiger charge is -2.22. The maximum absolute atomic E-state index is 13.4. The highest BCUT2D eigenvalue weighted by Crippen LogP contribution is 2.40. The Morgan fingerprint density at radius 1 is 1.26 bits per heavy atom. The van der Waals surface area contributed by atoms with Crippen molar-refractivity contribution in [3.63, 3.8) is 0 Å².